The second-order valence-electron chi connectivity index (χ2n) is 6.86. The second kappa shape index (κ2) is 6.02. The lowest BCUT2D eigenvalue weighted by molar-refractivity contribution is -0.125. The van der Waals surface area contributed by atoms with Gasteiger partial charge in [-0.3, -0.25) is 4.79 Å². The van der Waals surface area contributed by atoms with E-state index in [-0.39, 0.29) is 10.7 Å². The van der Waals surface area contributed by atoms with Crippen LogP contribution in [0.5, 0.6) is 0 Å². The molecule has 4 rings (SSSR count). The van der Waals surface area contributed by atoms with Crippen molar-refractivity contribution in [2.45, 2.75) is 24.3 Å². The Morgan fingerprint density at radius 1 is 1.04 bits per heavy atom. The molecule has 2 aromatic carbocycles. The van der Waals surface area contributed by atoms with Gasteiger partial charge >= 0.3 is 0 Å². The van der Waals surface area contributed by atoms with Crippen LogP contribution >= 0.6 is 11.3 Å². The highest BCUT2D eigenvalue weighted by Gasteiger charge is 2.43. The van der Waals surface area contributed by atoms with Gasteiger partial charge in [0.05, 0.1) is 10.5 Å². The largest absolute Gasteiger partial charge is 0.478 e. The number of sulfonamides is 1. The van der Waals surface area contributed by atoms with E-state index in [1.165, 1.54) is 23.5 Å². The van der Waals surface area contributed by atoms with Crippen LogP contribution in [0.15, 0.2) is 59.5 Å². The minimum Gasteiger partial charge on any atom is -0.478 e. The van der Waals surface area contributed by atoms with Crippen molar-refractivity contribution < 1.29 is 17.9 Å². The first-order valence-corrected chi connectivity index (χ1v) is 10.6. The third-order valence-corrected chi connectivity index (χ3v) is 6.54. The summed E-state index contributed by atoms with van der Waals surface area (Å²) in [4.78, 5) is 13.9. The van der Waals surface area contributed by atoms with Crippen LogP contribution in [-0.2, 0) is 19.6 Å². The van der Waals surface area contributed by atoms with Gasteiger partial charge in [0.1, 0.15) is 5.76 Å². The smallest absolute Gasteiger partial charge is 0.238 e. The summed E-state index contributed by atoms with van der Waals surface area (Å²) in [6.07, 6.45) is 0. The van der Waals surface area contributed by atoms with Crippen LogP contribution in [0.1, 0.15) is 24.3 Å². The first kappa shape index (κ1) is 17.9. The summed E-state index contributed by atoms with van der Waals surface area (Å²) in [6, 6.07) is 16.0. The lowest BCUT2D eigenvalue weighted by Crippen LogP contribution is -2.29. The average molecular weight is 399 g/mol. The van der Waals surface area contributed by atoms with E-state index in [9.17, 15) is 13.2 Å². The lowest BCUT2D eigenvalue weighted by Gasteiger charge is -2.17. The number of benzene rings is 2. The Bertz CT molecular complexity index is 1170. The lowest BCUT2D eigenvalue weighted by atomic mass is 9.97. The predicted octanol–water partition coefficient (Wildman–Crippen LogP) is 3.79. The number of thiophene rings is 1. The molecule has 2 N–H and O–H groups in total. The molecule has 2 heterocycles. The van der Waals surface area contributed by atoms with Crippen LogP contribution in [0.2, 0.25) is 0 Å². The van der Waals surface area contributed by atoms with E-state index in [2.05, 4.69) is 0 Å². The molecule has 1 aliphatic rings. The molecule has 7 heteroatoms. The van der Waals surface area contributed by atoms with Crippen molar-refractivity contribution in [2.75, 3.05) is 0 Å². The topological polar surface area (TPSA) is 86.5 Å². The van der Waals surface area contributed by atoms with Crippen LogP contribution in [0.4, 0.5) is 0 Å². The predicted molar refractivity (Wildman–Crippen MR) is 107 cm³/mol. The monoisotopic (exact) mass is 399 g/mol. The van der Waals surface area contributed by atoms with E-state index < -0.39 is 15.6 Å². The summed E-state index contributed by atoms with van der Waals surface area (Å²) < 4.78 is 30.1. The molecule has 138 valence electrons. The maximum atomic E-state index is 13.0. The maximum absolute atomic E-state index is 13.0. The van der Waals surface area contributed by atoms with Crippen molar-refractivity contribution in [3.63, 3.8) is 0 Å². The van der Waals surface area contributed by atoms with Gasteiger partial charge in [-0.15, -0.1) is 11.3 Å². The molecule has 1 aliphatic heterocycles. The first-order valence-electron chi connectivity index (χ1n) is 8.27. The molecule has 0 fully saturated rings. The molecule has 3 aromatic rings. The highest BCUT2D eigenvalue weighted by atomic mass is 32.2. The molecule has 0 spiro atoms. The van der Waals surface area contributed by atoms with Gasteiger partial charge < -0.3 is 4.74 Å². The fourth-order valence-electron chi connectivity index (χ4n) is 3.08. The SMILES string of the molecule is CC1(C)OC(c2ccc(S(N)(=O)=O)cc2)=C(c2cc3ccccc3s2)C1=O. The van der Waals surface area contributed by atoms with Crippen LogP contribution in [0, 0.1) is 0 Å². The van der Waals surface area contributed by atoms with E-state index >= 15 is 0 Å². The zero-order chi connectivity index (χ0) is 19.4. The van der Waals surface area contributed by atoms with Crippen molar-refractivity contribution in [1.29, 1.82) is 0 Å². The number of hydrogen-bond donors (Lipinski definition) is 1. The molecule has 0 aliphatic carbocycles. The van der Waals surface area contributed by atoms with Gasteiger partial charge in [-0.2, -0.15) is 0 Å². The fourth-order valence-corrected chi connectivity index (χ4v) is 4.70. The number of Topliss-reactive ketones (excluding diaryl/α,β-unsaturated/α-hetero) is 1. The second-order valence-corrected chi connectivity index (χ2v) is 9.51. The normalized spacial score (nSPS) is 16.8. The van der Waals surface area contributed by atoms with E-state index in [4.69, 9.17) is 9.88 Å². The van der Waals surface area contributed by atoms with Gasteiger partial charge in [0.2, 0.25) is 15.8 Å². The summed E-state index contributed by atoms with van der Waals surface area (Å²) in [5.41, 5.74) is 0.165. The van der Waals surface area contributed by atoms with Crippen LogP contribution in [0.25, 0.3) is 21.4 Å². The summed E-state index contributed by atoms with van der Waals surface area (Å²) in [5, 5.41) is 6.22. The quantitative estimate of drug-likeness (QED) is 0.726. The van der Waals surface area contributed by atoms with Crippen LogP contribution in [0.3, 0.4) is 0 Å². The number of ether oxygens (including phenoxy) is 1. The number of nitrogens with two attached hydrogens (primary N) is 1. The van der Waals surface area contributed by atoms with E-state index in [0.717, 1.165) is 15.0 Å². The van der Waals surface area contributed by atoms with Crippen molar-refractivity contribution in [3.8, 4) is 0 Å². The molecule has 0 saturated heterocycles. The van der Waals surface area contributed by atoms with Crippen molar-refractivity contribution in [1.82, 2.24) is 0 Å². The Labute approximate surface area is 161 Å². The number of rotatable bonds is 3. The Morgan fingerprint density at radius 2 is 1.70 bits per heavy atom. The molecule has 1 aromatic heterocycles. The van der Waals surface area contributed by atoms with E-state index in [0.29, 0.717) is 16.9 Å². The summed E-state index contributed by atoms with van der Waals surface area (Å²) in [7, 11) is -3.78. The van der Waals surface area contributed by atoms with Gasteiger partial charge in [-0.25, -0.2) is 13.6 Å². The molecule has 0 unspecified atom stereocenters. The molecule has 0 amide bonds. The highest BCUT2D eigenvalue weighted by molar-refractivity contribution is 7.89. The highest BCUT2D eigenvalue weighted by Crippen LogP contribution is 2.44. The van der Waals surface area contributed by atoms with Gasteiger partial charge in [-0.1, -0.05) is 18.2 Å². The average Bonchev–Trinajstić information content (AvgIpc) is 3.13. The van der Waals surface area contributed by atoms with Gasteiger partial charge in [0.25, 0.3) is 0 Å². The summed E-state index contributed by atoms with van der Waals surface area (Å²) >= 11 is 1.53. The number of ketones is 1. The standard InChI is InChI=1S/C20H17NO4S2/c1-20(2)19(22)17(16-11-13-5-3-4-6-15(13)26-16)18(25-20)12-7-9-14(10-8-12)27(21,23)24/h3-11H,1-2H3,(H2,21,23,24). The van der Waals surface area contributed by atoms with Crippen molar-refractivity contribution in [3.05, 3.63) is 65.0 Å². The third kappa shape index (κ3) is 3.07. The Balaban J connectivity index is 1.89. The third-order valence-electron chi connectivity index (χ3n) is 4.48. The molecule has 27 heavy (non-hydrogen) atoms. The zero-order valence-electron chi connectivity index (χ0n) is 14.7. The minimum absolute atomic E-state index is 0.0128. The Kier molecular flexibility index (Phi) is 3.99. The fraction of sp³-hybridized carbons (Fsp3) is 0.150. The summed E-state index contributed by atoms with van der Waals surface area (Å²) in [5.74, 6) is 0.358. The number of primary sulfonamides is 1. The van der Waals surface area contributed by atoms with Gasteiger partial charge in [0, 0.05) is 15.1 Å². The van der Waals surface area contributed by atoms with Crippen LogP contribution < -0.4 is 5.14 Å². The minimum atomic E-state index is -3.78. The Morgan fingerprint density at radius 3 is 2.33 bits per heavy atom. The molecule has 5 nitrogen and oxygen atoms in total. The molecule has 0 bridgehead atoms. The molecular formula is C20H17NO4S2. The maximum Gasteiger partial charge on any atom is 0.238 e. The van der Waals surface area contributed by atoms with E-state index in [1.54, 1.807) is 26.0 Å². The van der Waals surface area contributed by atoms with Crippen LogP contribution in [-0.4, -0.2) is 19.8 Å². The van der Waals surface area contributed by atoms with Gasteiger partial charge in [-0.05, 0) is 55.6 Å². The molecular weight excluding hydrogens is 382 g/mol. The van der Waals surface area contributed by atoms with Crippen molar-refractivity contribution in [2.24, 2.45) is 5.14 Å². The van der Waals surface area contributed by atoms with Gasteiger partial charge in [0.15, 0.2) is 5.60 Å². The number of hydrogen-bond acceptors (Lipinski definition) is 5. The zero-order valence-corrected chi connectivity index (χ0v) is 16.4. The molecule has 0 saturated carbocycles. The number of carbonyl (C=O) groups excluding carboxylic acids is 1. The van der Waals surface area contributed by atoms with Crippen molar-refractivity contribution >= 4 is 48.6 Å². The Hall–Kier alpha value is -2.48. The first-order chi connectivity index (χ1) is 12.7. The summed E-state index contributed by atoms with van der Waals surface area (Å²) in [6.45, 7) is 3.46. The molecule has 0 atom stereocenters. The van der Waals surface area contributed by atoms with E-state index in [1.807, 2.05) is 30.3 Å². The number of carbonyl (C=O) groups is 1. The molecule has 0 radical (unpaired) electrons. The number of fused-ring (bicyclic) bond motifs is 1.